The van der Waals surface area contributed by atoms with Gasteiger partial charge in [-0.1, -0.05) is 129 Å². The molecule has 12 rings (SSSR count). The first-order valence-corrected chi connectivity index (χ1v) is 22.2. The van der Waals surface area contributed by atoms with Crippen molar-refractivity contribution in [3.05, 3.63) is 177 Å². The molecule has 0 amide bonds. The molecule has 0 N–H and O–H groups in total. The minimum atomic E-state index is -0.0825. The second kappa shape index (κ2) is 12.8. The number of furan rings is 1. The Hall–Kier alpha value is -5.48. The maximum absolute atomic E-state index is 6.63. The molecule has 1 nitrogen and oxygen atoms in total. The molecule has 3 aliphatic carbocycles. The summed E-state index contributed by atoms with van der Waals surface area (Å²) in [4.78, 5) is 0. The Kier molecular flexibility index (Phi) is 7.53. The van der Waals surface area contributed by atoms with Crippen LogP contribution in [0.1, 0.15) is 74.1 Å². The Balaban J connectivity index is 1.16. The van der Waals surface area contributed by atoms with E-state index in [-0.39, 0.29) is 11.3 Å². The van der Waals surface area contributed by atoms with Gasteiger partial charge in [-0.15, -0.1) is 22.7 Å². The summed E-state index contributed by atoms with van der Waals surface area (Å²) in [5.74, 6) is 0.667. The fourth-order valence-electron chi connectivity index (χ4n) is 10.7. The Bertz CT molecular complexity index is 3320. The zero-order chi connectivity index (χ0) is 37.8. The van der Waals surface area contributed by atoms with Gasteiger partial charge in [0.25, 0.3) is 0 Å². The number of rotatable bonds is 3. The van der Waals surface area contributed by atoms with Crippen LogP contribution in [-0.4, -0.2) is 0 Å². The number of benzene rings is 6. The maximum atomic E-state index is 6.63. The van der Waals surface area contributed by atoms with Crippen LogP contribution in [0.5, 0.6) is 0 Å². The number of para-hydroxylation sites is 1. The fraction of sp³-hybridized carbons (Fsp3) is 0.185. The quantitative estimate of drug-likeness (QED) is 0.174. The van der Waals surface area contributed by atoms with Crippen LogP contribution < -0.4 is 9.75 Å². The average molecular weight is 771 g/mol. The minimum Gasteiger partial charge on any atom is -0.456 e. The van der Waals surface area contributed by atoms with Crippen molar-refractivity contribution in [3.8, 4) is 11.1 Å². The summed E-state index contributed by atoms with van der Waals surface area (Å²) in [7, 11) is 0. The van der Waals surface area contributed by atoms with E-state index in [0.717, 1.165) is 43.3 Å². The van der Waals surface area contributed by atoms with Gasteiger partial charge in [0, 0.05) is 46.1 Å². The lowest BCUT2D eigenvalue weighted by Crippen LogP contribution is -2.34. The van der Waals surface area contributed by atoms with E-state index in [1.54, 1.807) is 5.57 Å². The van der Waals surface area contributed by atoms with Crippen LogP contribution in [0.15, 0.2) is 150 Å². The highest BCUT2D eigenvalue weighted by molar-refractivity contribution is 7.26. The molecule has 0 bridgehead atoms. The lowest BCUT2D eigenvalue weighted by atomic mass is 9.62. The zero-order valence-corrected chi connectivity index (χ0v) is 33.9. The molecule has 3 heterocycles. The van der Waals surface area contributed by atoms with Crippen LogP contribution in [-0.2, 0) is 5.41 Å². The summed E-state index contributed by atoms with van der Waals surface area (Å²) in [5, 5.41) is 7.93. The molecule has 276 valence electrons. The first-order valence-electron chi connectivity index (χ1n) is 20.6. The highest BCUT2D eigenvalue weighted by Gasteiger charge is 2.39. The van der Waals surface area contributed by atoms with Gasteiger partial charge in [0.05, 0.1) is 0 Å². The highest BCUT2D eigenvalue weighted by atomic mass is 32.1. The average Bonchev–Trinajstić information content (AvgIpc) is 3.94. The third kappa shape index (κ3) is 5.18. The van der Waals surface area contributed by atoms with Gasteiger partial charge in [0.15, 0.2) is 0 Å². The third-order valence-corrected chi connectivity index (χ3v) is 16.0. The summed E-state index contributed by atoms with van der Waals surface area (Å²) < 4.78 is 12.2. The first kappa shape index (κ1) is 33.6. The third-order valence-electron chi connectivity index (χ3n) is 13.5. The van der Waals surface area contributed by atoms with Crippen molar-refractivity contribution in [3.63, 3.8) is 0 Å². The monoisotopic (exact) mass is 770 g/mol. The first-order chi connectivity index (χ1) is 28.0. The molecule has 0 aliphatic heterocycles. The highest BCUT2D eigenvalue weighted by Crippen LogP contribution is 2.51. The second-order valence-corrected chi connectivity index (χ2v) is 19.1. The van der Waals surface area contributed by atoms with E-state index in [4.69, 9.17) is 4.42 Å². The molecule has 57 heavy (non-hydrogen) atoms. The van der Waals surface area contributed by atoms with E-state index in [2.05, 4.69) is 159 Å². The Morgan fingerprint density at radius 2 is 1.44 bits per heavy atom. The van der Waals surface area contributed by atoms with E-state index >= 15 is 0 Å². The van der Waals surface area contributed by atoms with Crippen LogP contribution in [0, 0.1) is 5.92 Å². The van der Waals surface area contributed by atoms with E-state index in [0.29, 0.717) is 5.92 Å². The Labute approximate surface area is 340 Å². The van der Waals surface area contributed by atoms with Crippen LogP contribution >= 0.6 is 22.7 Å². The molecule has 0 saturated heterocycles. The second-order valence-electron chi connectivity index (χ2n) is 17.0. The summed E-state index contributed by atoms with van der Waals surface area (Å²) in [5.41, 5.74) is 13.3. The van der Waals surface area contributed by atoms with Gasteiger partial charge in [0.1, 0.15) is 11.2 Å². The largest absolute Gasteiger partial charge is 0.456 e. The van der Waals surface area contributed by atoms with E-state index in [1.807, 2.05) is 22.7 Å². The van der Waals surface area contributed by atoms with Crippen LogP contribution in [0.25, 0.3) is 75.0 Å². The summed E-state index contributed by atoms with van der Waals surface area (Å²) in [6.07, 6.45) is 14.9. The molecular weight excluding hydrogens is 729 g/mol. The molecule has 2 unspecified atom stereocenters. The molecule has 0 radical (unpaired) electrons. The van der Waals surface area contributed by atoms with Crippen LogP contribution in [0.4, 0.5) is 0 Å². The predicted molar refractivity (Wildman–Crippen MR) is 245 cm³/mol. The Morgan fingerprint density at radius 1 is 0.667 bits per heavy atom. The molecular formula is C54H42OS2. The molecule has 3 aliphatic rings. The van der Waals surface area contributed by atoms with Crippen molar-refractivity contribution < 1.29 is 4.42 Å². The van der Waals surface area contributed by atoms with Crippen molar-refractivity contribution >= 4 is 86.5 Å². The Morgan fingerprint density at radius 3 is 2.33 bits per heavy atom. The molecule has 3 heteroatoms. The SMILES string of the molecule is CC1(C)c2cc3oc4ccccc4c3cc2C(c2cc(C3=c4sc5ccccc5c4=CCC3)cc(-c3cccc4c3sc3ccccc34)c2)CCC2=CC=CCC21. The van der Waals surface area contributed by atoms with E-state index in [1.165, 1.54) is 89.7 Å². The summed E-state index contributed by atoms with van der Waals surface area (Å²) >= 11 is 3.90. The molecule has 9 aromatic rings. The zero-order valence-electron chi connectivity index (χ0n) is 32.3. The van der Waals surface area contributed by atoms with Crippen molar-refractivity contribution in [2.45, 2.75) is 57.3 Å². The molecule has 0 spiro atoms. The lowest BCUT2D eigenvalue weighted by Gasteiger charge is -2.42. The molecule has 0 saturated carbocycles. The van der Waals surface area contributed by atoms with Crippen molar-refractivity contribution in [2.75, 3.05) is 0 Å². The predicted octanol–water partition coefficient (Wildman–Crippen LogP) is 14.3. The maximum Gasteiger partial charge on any atom is 0.135 e. The lowest BCUT2D eigenvalue weighted by molar-refractivity contribution is 0.342. The van der Waals surface area contributed by atoms with Gasteiger partial charge in [-0.25, -0.2) is 0 Å². The van der Waals surface area contributed by atoms with Crippen molar-refractivity contribution in [1.82, 2.24) is 0 Å². The van der Waals surface area contributed by atoms with Crippen molar-refractivity contribution in [1.29, 1.82) is 0 Å². The van der Waals surface area contributed by atoms with Gasteiger partial charge in [-0.2, -0.15) is 0 Å². The molecule has 3 aromatic heterocycles. The van der Waals surface area contributed by atoms with Gasteiger partial charge < -0.3 is 4.42 Å². The van der Waals surface area contributed by atoms with Gasteiger partial charge in [-0.3, -0.25) is 0 Å². The molecule has 2 atom stereocenters. The van der Waals surface area contributed by atoms with Gasteiger partial charge >= 0.3 is 0 Å². The molecule has 6 aromatic carbocycles. The number of allylic oxidation sites excluding steroid dienone is 4. The van der Waals surface area contributed by atoms with Crippen LogP contribution in [0.2, 0.25) is 0 Å². The normalized spacial score (nSPS) is 19.0. The standard InChI is InChI=1S/C54H42OS2/c1-54(2)46-21-7-3-13-32(46)25-26-36(44-30-45-39-14-4-8-22-48(39)55-49(45)31-47(44)54)33-27-34(37-17-11-19-42-40-15-5-9-23-50(40)56-52(37)42)29-35(28-33)38-18-12-20-43-41-16-6-10-24-51(41)57-53(38)43/h3-11,13-17,19-20,22-24,27-31,36,46H,12,18,21,25-26H2,1-2H3. The fourth-order valence-corrected chi connectivity index (χ4v) is 13.3. The summed E-state index contributed by atoms with van der Waals surface area (Å²) in [6, 6.07) is 46.1. The molecule has 0 fully saturated rings. The number of hydrogen-bond donors (Lipinski definition) is 0. The minimum absolute atomic E-state index is 0.0825. The number of thiophene rings is 2. The van der Waals surface area contributed by atoms with Crippen LogP contribution in [0.3, 0.4) is 0 Å². The van der Waals surface area contributed by atoms with Crippen molar-refractivity contribution in [2.24, 2.45) is 5.92 Å². The van der Waals surface area contributed by atoms with Gasteiger partial charge in [0.2, 0.25) is 0 Å². The topological polar surface area (TPSA) is 13.1 Å². The van der Waals surface area contributed by atoms with E-state index in [9.17, 15) is 0 Å². The van der Waals surface area contributed by atoms with E-state index < -0.39 is 0 Å². The number of hydrogen-bond acceptors (Lipinski definition) is 3. The van der Waals surface area contributed by atoms with Gasteiger partial charge in [-0.05, 0) is 129 Å². The smallest absolute Gasteiger partial charge is 0.135 e. The number of fused-ring (bicyclic) bond motifs is 11. The summed E-state index contributed by atoms with van der Waals surface area (Å²) in [6.45, 7) is 4.98.